The molecule has 2 N–H and O–H groups in total. The Morgan fingerprint density at radius 3 is 2.42 bits per heavy atom. The number of benzene rings is 2. The molecule has 2 atom stereocenters. The van der Waals surface area contributed by atoms with Crippen LogP contribution < -0.4 is 14.9 Å². The topological polar surface area (TPSA) is 106 Å². The summed E-state index contributed by atoms with van der Waals surface area (Å²) in [7, 11) is -2.04. The predicted octanol–water partition coefficient (Wildman–Crippen LogP) is 4.82. The van der Waals surface area contributed by atoms with E-state index < -0.39 is 16.0 Å². The number of aromatic nitrogens is 2. The van der Waals surface area contributed by atoms with Gasteiger partial charge in [-0.15, -0.1) is 0 Å². The molecule has 0 unspecified atom stereocenters. The van der Waals surface area contributed by atoms with Gasteiger partial charge >= 0.3 is 5.97 Å². The Kier molecular flexibility index (Phi) is 7.35. The highest BCUT2D eigenvalue weighted by Crippen LogP contribution is 2.44. The first-order valence-electron chi connectivity index (χ1n) is 12.5. The standard InChI is InChI=1S/C29H29N5O4S2/c1-18-16-24(19(2)33(18)23-9-7-8-20(17-23)28(35)38-3)27-26(25-10-5-6-15-30-25)31-29(39)34(27)22-13-11-21(12-14-22)32-40(4,36)37/h5-17,26-27,32H,1-4H3,(H,31,39)/t26-,27+/m1/s1. The van der Waals surface area contributed by atoms with Gasteiger partial charge in [-0.05, 0) is 92.3 Å². The molecule has 4 aromatic rings. The number of aryl methyl sites for hydroxylation is 1. The summed E-state index contributed by atoms with van der Waals surface area (Å²) in [4.78, 5) is 18.9. The van der Waals surface area contributed by atoms with Gasteiger partial charge in [-0.1, -0.05) is 12.1 Å². The number of nitrogens with zero attached hydrogens (tertiary/aromatic N) is 3. The van der Waals surface area contributed by atoms with Crippen molar-refractivity contribution in [1.82, 2.24) is 14.9 Å². The predicted molar refractivity (Wildman–Crippen MR) is 159 cm³/mol. The average molecular weight is 576 g/mol. The molecule has 11 heteroatoms. The smallest absolute Gasteiger partial charge is 0.337 e. The van der Waals surface area contributed by atoms with E-state index >= 15 is 0 Å². The van der Waals surface area contributed by atoms with E-state index in [-0.39, 0.29) is 12.1 Å². The molecule has 3 heterocycles. The first-order chi connectivity index (χ1) is 19.1. The summed E-state index contributed by atoms with van der Waals surface area (Å²) >= 11 is 5.85. The van der Waals surface area contributed by atoms with Crippen molar-refractivity contribution >= 4 is 44.7 Å². The van der Waals surface area contributed by atoms with Gasteiger partial charge in [-0.2, -0.15) is 0 Å². The highest BCUT2D eigenvalue weighted by molar-refractivity contribution is 7.92. The van der Waals surface area contributed by atoms with Crippen LogP contribution >= 0.6 is 12.2 Å². The second-order valence-electron chi connectivity index (χ2n) is 9.62. The van der Waals surface area contributed by atoms with Crippen LogP contribution in [-0.2, 0) is 14.8 Å². The van der Waals surface area contributed by atoms with E-state index in [0.29, 0.717) is 16.4 Å². The van der Waals surface area contributed by atoms with Crippen molar-refractivity contribution in [3.05, 3.63) is 107 Å². The number of pyridine rings is 1. The van der Waals surface area contributed by atoms with Crippen LogP contribution in [0.3, 0.4) is 0 Å². The molecule has 1 fully saturated rings. The molecular weight excluding hydrogens is 546 g/mol. The van der Waals surface area contributed by atoms with Crippen molar-refractivity contribution < 1.29 is 17.9 Å². The number of methoxy groups -OCH3 is 1. The van der Waals surface area contributed by atoms with Crippen LogP contribution in [-0.4, -0.2) is 42.4 Å². The second kappa shape index (κ2) is 10.7. The van der Waals surface area contributed by atoms with Crippen molar-refractivity contribution in [2.24, 2.45) is 0 Å². The molecule has 1 aliphatic heterocycles. The Morgan fingerprint density at radius 1 is 1.02 bits per heavy atom. The molecule has 0 spiro atoms. The third kappa shape index (κ3) is 5.30. The fourth-order valence-corrected chi connectivity index (χ4v) is 6.14. The first kappa shape index (κ1) is 27.4. The van der Waals surface area contributed by atoms with E-state index in [9.17, 15) is 13.2 Å². The van der Waals surface area contributed by atoms with Gasteiger partial charge in [-0.3, -0.25) is 9.71 Å². The van der Waals surface area contributed by atoms with Crippen molar-refractivity contribution in [2.45, 2.75) is 25.9 Å². The van der Waals surface area contributed by atoms with Crippen LogP contribution in [0.2, 0.25) is 0 Å². The van der Waals surface area contributed by atoms with Crippen LogP contribution in [0.5, 0.6) is 0 Å². The summed E-state index contributed by atoms with van der Waals surface area (Å²) in [6.07, 6.45) is 2.87. The van der Waals surface area contributed by atoms with Crippen LogP contribution in [0.15, 0.2) is 79.0 Å². The van der Waals surface area contributed by atoms with Crippen molar-refractivity contribution in [2.75, 3.05) is 23.0 Å². The Labute approximate surface area is 238 Å². The normalized spacial score (nSPS) is 17.0. The minimum Gasteiger partial charge on any atom is -0.465 e. The molecule has 2 aromatic heterocycles. The van der Waals surface area contributed by atoms with Crippen LogP contribution in [0, 0.1) is 13.8 Å². The van der Waals surface area contributed by atoms with Crippen molar-refractivity contribution in [1.29, 1.82) is 0 Å². The molecule has 5 rings (SSSR count). The van der Waals surface area contributed by atoms with Gasteiger partial charge in [0.15, 0.2) is 5.11 Å². The fourth-order valence-electron chi connectivity index (χ4n) is 5.23. The lowest BCUT2D eigenvalue weighted by Crippen LogP contribution is -2.29. The Morgan fingerprint density at radius 2 is 1.77 bits per heavy atom. The number of rotatable bonds is 7. The van der Waals surface area contributed by atoms with E-state index in [1.807, 2.05) is 67.3 Å². The molecule has 1 saturated heterocycles. The van der Waals surface area contributed by atoms with Gasteiger partial charge in [0, 0.05) is 34.6 Å². The molecule has 1 aliphatic rings. The van der Waals surface area contributed by atoms with Crippen LogP contribution in [0.1, 0.15) is 45.1 Å². The summed E-state index contributed by atoms with van der Waals surface area (Å²) in [6, 6.07) is 21.8. The maximum Gasteiger partial charge on any atom is 0.337 e. The number of carbonyl (C=O) groups excluding carboxylic acids is 1. The van der Waals surface area contributed by atoms with Crippen LogP contribution in [0.25, 0.3) is 5.69 Å². The summed E-state index contributed by atoms with van der Waals surface area (Å²) < 4.78 is 32.9. The molecule has 0 aliphatic carbocycles. The number of carbonyl (C=O) groups is 1. The zero-order valence-electron chi connectivity index (χ0n) is 22.5. The molecule has 0 radical (unpaired) electrons. The van der Waals surface area contributed by atoms with Crippen molar-refractivity contribution in [3.63, 3.8) is 0 Å². The molecule has 9 nitrogen and oxygen atoms in total. The molecule has 206 valence electrons. The monoisotopic (exact) mass is 575 g/mol. The maximum absolute atomic E-state index is 12.2. The Hall–Kier alpha value is -4.22. The minimum atomic E-state index is -3.40. The lowest BCUT2D eigenvalue weighted by atomic mass is 9.96. The first-order valence-corrected chi connectivity index (χ1v) is 14.8. The zero-order chi connectivity index (χ0) is 28.6. The summed E-state index contributed by atoms with van der Waals surface area (Å²) in [5.41, 5.74) is 6.41. The highest BCUT2D eigenvalue weighted by Gasteiger charge is 2.42. The number of thiocarbonyl (C=S) groups is 1. The quantitative estimate of drug-likeness (QED) is 0.239. The number of hydrogen-bond acceptors (Lipinski definition) is 6. The summed E-state index contributed by atoms with van der Waals surface area (Å²) in [6.45, 7) is 4.06. The number of esters is 1. The lowest BCUT2D eigenvalue weighted by Gasteiger charge is -2.28. The number of hydrogen-bond donors (Lipinski definition) is 2. The Balaban J connectivity index is 1.62. The van der Waals surface area contributed by atoms with Gasteiger partial charge in [0.2, 0.25) is 10.0 Å². The molecule has 0 amide bonds. The highest BCUT2D eigenvalue weighted by atomic mass is 32.2. The third-order valence-corrected chi connectivity index (χ3v) is 7.78. The molecule has 2 aromatic carbocycles. The zero-order valence-corrected chi connectivity index (χ0v) is 24.1. The van der Waals surface area contributed by atoms with Gasteiger partial charge in [0.25, 0.3) is 0 Å². The van der Waals surface area contributed by atoms with Crippen molar-refractivity contribution in [3.8, 4) is 5.69 Å². The number of ether oxygens (including phenoxy) is 1. The minimum absolute atomic E-state index is 0.252. The molecule has 40 heavy (non-hydrogen) atoms. The largest absolute Gasteiger partial charge is 0.465 e. The van der Waals surface area contributed by atoms with E-state index in [4.69, 9.17) is 17.0 Å². The lowest BCUT2D eigenvalue weighted by molar-refractivity contribution is 0.0600. The number of sulfonamides is 1. The van der Waals surface area contributed by atoms with E-state index in [1.54, 1.807) is 24.4 Å². The SMILES string of the molecule is COC(=O)c1cccc(-n2c(C)cc([C@H]3[C@@H](c4ccccn4)NC(=S)N3c3ccc(NS(C)(=O)=O)cc3)c2C)c1. The molecule has 0 bridgehead atoms. The molecular formula is C29H29N5O4S2. The summed E-state index contributed by atoms with van der Waals surface area (Å²) in [5, 5.41) is 3.99. The fraction of sp³-hybridized carbons (Fsp3) is 0.207. The van der Waals surface area contributed by atoms with E-state index in [1.165, 1.54) is 7.11 Å². The van der Waals surface area contributed by atoms with Gasteiger partial charge in [-0.25, -0.2) is 13.2 Å². The van der Waals surface area contributed by atoms with E-state index in [2.05, 4.69) is 25.7 Å². The second-order valence-corrected chi connectivity index (χ2v) is 11.8. The number of nitrogens with one attached hydrogen (secondary N) is 2. The average Bonchev–Trinajstić information content (AvgIpc) is 3.43. The Bertz CT molecular complexity index is 1690. The maximum atomic E-state index is 12.2. The van der Waals surface area contributed by atoms with Gasteiger partial charge < -0.3 is 19.5 Å². The third-order valence-electron chi connectivity index (χ3n) is 6.86. The number of anilines is 2. The van der Waals surface area contributed by atoms with Crippen LogP contribution in [0.4, 0.5) is 11.4 Å². The van der Waals surface area contributed by atoms with Gasteiger partial charge in [0.05, 0.1) is 36.7 Å². The summed E-state index contributed by atoms with van der Waals surface area (Å²) in [5.74, 6) is -0.398. The van der Waals surface area contributed by atoms with E-state index in [0.717, 1.165) is 40.3 Å². The van der Waals surface area contributed by atoms with Gasteiger partial charge in [0.1, 0.15) is 0 Å². The molecule has 0 saturated carbocycles.